The van der Waals surface area contributed by atoms with Gasteiger partial charge >= 0.3 is 0 Å². The Labute approximate surface area is 157 Å². The number of amides is 1. The molecular weight excluding hydrogens is 362 g/mol. The van der Waals surface area contributed by atoms with Gasteiger partial charge in [0.25, 0.3) is 5.91 Å². The van der Waals surface area contributed by atoms with E-state index >= 15 is 0 Å². The lowest BCUT2D eigenvalue weighted by Gasteiger charge is -2.33. The Balaban J connectivity index is 0.00000225. The third-order valence-electron chi connectivity index (χ3n) is 4.45. The van der Waals surface area contributed by atoms with E-state index in [2.05, 4.69) is 10.3 Å². The number of halogens is 1. The van der Waals surface area contributed by atoms with Crippen molar-refractivity contribution in [2.45, 2.75) is 26.3 Å². The number of nitrogens with zero attached hydrogens (tertiary/aromatic N) is 1. The van der Waals surface area contributed by atoms with E-state index in [1.165, 1.54) is 11.3 Å². The van der Waals surface area contributed by atoms with Crippen LogP contribution in [0.5, 0.6) is 11.5 Å². The zero-order valence-corrected chi connectivity index (χ0v) is 16.0. The number of hydrogen-bond donors (Lipinski definition) is 2. The molecule has 136 valence electrons. The standard InChI is InChI=1S/C17H21N3O3S.ClH/c1-10(2)17(3,8-18)20-15(21)14-7-19-16(24-14)11-4-5-12-13(6-11)23-9-22-12;/h4-7,10H,8-9,18H2,1-3H3,(H,20,21);1H. The number of rotatable bonds is 5. The van der Waals surface area contributed by atoms with Gasteiger partial charge in [-0.25, -0.2) is 4.98 Å². The molecule has 0 aliphatic carbocycles. The van der Waals surface area contributed by atoms with E-state index < -0.39 is 5.54 Å². The fraction of sp³-hybridized carbons (Fsp3) is 0.412. The van der Waals surface area contributed by atoms with Gasteiger partial charge < -0.3 is 20.5 Å². The molecule has 0 radical (unpaired) electrons. The Bertz CT molecular complexity index is 765. The van der Waals surface area contributed by atoms with Gasteiger partial charge in [0.1, 0.15) is 9.88 Å². The third kappa shape index (κ3) is 3.89. The molecule has 1 amide bonds. The van der Waals surface area contributed by atoms with E-state index in [1.54, 1.807) is 6.20 Å². The number of nitrogens with two attached hydrogens (primary N) is 1. The van der Waals surface area contributed by atoms with Crippen molar-refractivity contribution in [1.82, 2.24) is 10.3 Å². The number of nitrogens with one attached hydrogen (secondary N) is 1. The number of carbonyl (C=O) groups is 1. The van der Waals surface area contributed by atoms with Crippen LogP contribution in [0.3, 0.4) is 0 Å². The number of hydrogen-bond acceptors (Lipinski definition) is 6. The number of fused-ring (bicyclic) bond motifs is 1. The van der Waals surface area contributed by atoms with E-state index in [-0.39, 0.29) is 31.0 Å². The fourth-order valence-corrected chi connectivity index (χ4v) is 3.10. The molecule has 25 heavy (non-hydrogen) atoms. The largest absolute Gasteiger partial charge is 0.454 e. The van der Waals surface area contributed by atoms with Crippen molar-refractivity contribution < 1.29 is 14.3 Å². The number of thiazole rings is 1. The second-order valence-corrected chi connectivity index (χ2v) is 7.36. The Kier molecular flexibility index (Phi) is 5.92. The first-order valence-corrected chi connectivity index (χ1v) is 8.63. The molecule has 2 aromatic rings. The Hall–Kier alpha value is -1.83. The van der Waals surface area contributed by atoms with Gasteiger partial charge in [-0.05, 0) is 31.0 Å². The first-order chi connectivity index (χ1) is 11.4. The molecule has 0 saturated carbocycles. The molecule has 3 rings (SSSR count). The highest BCUT2D eigenvalue weighted by atomic mass is 35.5. The van der Waals surface area contributed by atoms with Crippen LogP contribution >= 0.6 is 23.7 Å². The number of benzene rings is 1. The summed E-state index contributed by atoms with van der Waals surface area (Å²) < 4.78 is 10.7. The van der Waals surface area contributed by atoms with Crippen molar-refractivity contribution in [1.29, 1.82) is 0 Å². The van der Waals surface area contributed by atoms with Crippen molar-refractivity contribution in [3.05, 3.63) is 29.3 Å². The topological polar surface area (TPSA) is 86.5 Å². The van der Waals surface area contributed by atoms with Gasteiger partial charge in [-0.2, -0.15) is 0 Å². The minimum Gasteiger partial charge on any atom is -0.454 e. The van der Waals surface area contributed by atoms with Crippen molar-refractivity contribution in [3.63, 3.8) is 0 Å². The van der Waals surface area contributed by atoms with Crippen LogP contribution in [0.2, 0.25) is 0 Å². The number of aromatic nitrogens is 1. The zero-order valence-electron chi connectivity index (χ0n) is 14.4. The summed E-state index contributed by atoms with van der Waals surface area (Å²) in [7, 11) is 0. The predicted octanol–water partition coefficient (Wildman–Crippen LogP) is 3.06. The Morgan fingerprint density at radius 3 is 2.80 bits per heavy atom. The zero-order chi connectivity index (χ0) is 17.3. The van der Waals surface area contributed by atoms with Crippen molar-refractivity contribution >= 4 is 29.7 Å². The molecule has 2 heterocycles. The Morgan fingerprint density at radius 1 is 1.40 bits per heavy atom. The molecule has 0 spiro atoms. The molecule has 6 nitrogen and oxygen atoms in total. The molecule has 1 aromatic heterocycles. The van der Waals surface area contributed by atoms with Crippen LogP contribution in [0.1, 0.15) is 30.4 Å². The fourth-order valence-electron chi connectivity index (χ4n) is 2.29. The first kappa shape index (κ1) is 19.5. The summed E-state index contributed by atoms with van der Waals surface area (Å²) in [5.74, 6) is 1.50. The quantitative estimate of drug-likeness (QED) is 0.828. The van der Waals surface area contributed by atoms with Crippen LogP contribution in [0.15, 0.2) is 24.4 Å². The minimum absolute atomic E-state index is 0. The van der Waals surface area contributed by atoms with Gasteiger partial charge in [0.2, 0.25) is 6.79 Å². The third-order valence-corrected chi connectivity index (χ3v) is 5.49. The van der Waals surface area contributed by atoms with Crippen LogP contribution in [0.4, 0.5) is 0 Å². The summed E-state index contributed by atoms with van der Waals surface area (Å²) in [4.78, 5) is 17.4. The SMILES string of the molecule is CC(C)C(C)(CN)NC(=O)c1cnc(-c2ccc3c(c2)OCO3)s1.Cl. The first-order valence-electron chi connectivity index (χ1n) is 7.81. The lowest BCUT2D eigenvalue weighted by molar-refractivity contribution is 0.0887. The molecule has 1 atom stereocenters. The highest BCUT2D eigenvalue weighted by Gasteiger charge is 2.29. The average Bonchev–Trinajstić information content (AvgIpc) is 3.22. The van der Waals surface area contributed by atoms with E-state index in [4.69, 9.17) is 15.2 Å². The molecule has 3 N–H and O–H groups in total. The predicted molar refractivity (Wildman–Crippen MR) is 101 cm³/mol. The lowest BCUT2D eigenvalue weighted by Crippen LogP contribution is -2.54. The highest BCUT2D eigenvalue weighted by Crippen LogP contribution is 2.37. The smallest absolute Gasteiger partial charge is 0.263 e. The molecule has 0 bridgehead atoms. The van der Waals surface area contributed by atoms with Crippen LogP contribution in [0.25, 0.3) is 10.6 Å². The van der Waals surface area contributed by atoms with Crippen molar-refractivity contribution in [3.8, 4) is 22.1 Å². The van der Waals surface area contributed by atoms with Crippen molar-refractivity contribution in [2.75, 3.05) is 13.3 Å². The van der Waals surface area contributed by atoms with Gasteiger partial charge in [0, 0.05) is 12.1 Å². The summed E-state index contributed by atoms with van der Waals surface area (Å²) >= 11 is 1.34. The maximum atomic E-state index is 12.5. The van der Waals surface area contributed by atoms with Crippen LogP contribution in [-0.4, -0.2) is 29.8 Å². The van der Waals surface area contributed by atoms with Crippen LogP contribution in [-0.2, 0) is 0 Å². The summed E-state index contributed by atoms with van der Waals surface area (Å²) in [6.07, 6.45) is 1.59. The normalized spacial score (nSPS) is 14.8. The summed E-state index contributed by atoms with van der Waals surface area (Å²) in [5, 5.41) is 3.79. The maximum absolute atomic E-state index is 12.5. The average molecular weight is 384 g/mol. The molecule has 0 fully saturated rings. The molecule has 1 unspecified atom stereocenters. The van der Waals surface area contributed by atoms with Crippen molar-refractivity contribution in [2.24, 2.45) is 11.7 Å². The summed E-state index contributed by atoms with van der Waals surface area (Å²) in [6.45, 7) is 6.65. The lowest BCUT2D eigenvalue weighted by atomic mass is 9.88. The van der Waals surface area contributed by atoms with E-state index in [0.717, 1.165) is 16.3 Å². The molecule has 1 aromatic carbocycles. The summed E-state index contributed by atoms with van der Waals surface area (Å²) in [5.41, 5.74) is 6.28. The number of ether oxygens (including phenoxy) is 2. The van der Waals surface area contributed by atoms with E-state index in [9.17, 15) is 4.79 Å². The molecular formula is C17H22ClN3O3S. The highest BCUT2D eigenvalue weighted by molar-refractivity contribution is 7.16. The summed E-state index contributed by atoms with van der Waals surface area (Å²) in [6, 6.07) is 5.64. The van der Waals surface area contributed by atoms with E-state index in [0.29, 0.717) is 17.2 Å². The molecule has 0 saturated heterocycles. The Morgan fingerprint density at radius 2 is 2.12 bits per heavy atom. The second-order valence-electron chi connectivity index (χ2n) is 6.33. The van der Waals surface area contributed by atoms with Gasteiger partial charge in [-0.15, -0.1) is 23.7 Å². The van der Waals surface area contributed by atoms with Crippen LogP contribution in [0, 0.1) is 5.92 Å². The van der Waals surface area contributed by atoms with Gasteiger partial charge in [0.05, 0.1) is 11.7 Å². The molecule has 1 aliphatic heterocycles. The van der Waals surface area contributed by atoms with Crippen LogP contribution < -0.4 is 20.5 Å². The van der Waals surface area contributed by atoms with Gasteiger partial charge in [-0.1, -0.05) is 13.8 Å². The maximum Gasteiger partial charge on any atom is 0.263 e. The monoisotopic (exact) mass is 383 g/mol. The second kappa shape index (κ2) is 7.59. The number of carbonyl (C=O) groups excluding carboxylic acids is 1. The minimum atomic E-state index is -0.444. The van der Waals surface area contributed by atoms with E-state index in [1.807, 2.05) is 39.0 Å². The molecule has 1 aliphatic rings. The van der Waals surface area contributed by atoms with Gasteiger partial charge in [0.15, 0.2) is 11.5 Å². The molecule has 8 heteroatoms. The van der Waals surface area contributed by atoms with Gasteiger partial charge in [-0.3, -0.25) is 4.79 Å².